The van der Waals surface area contributed by atoms with Gasteiger partial charge in [-0.15, -0.1) is 0 Å². The topological polar surface area (TPSA) is 46.2 Å². The fraction of sp³-hybridized carbons (Fsp3) is 0.0769. The maximum atomic E-state index is 13.0. The van der Waals surface area contributed by atoms with Crippen molar-refractivity contribution in [1.82, 2.24) is 0 Å². The Morgan fingerprint density at radius 3 is 2.35 bits per heavy atom. The van der Waals surface area contributed by atoms with Crippen LogP contribution in [-0.4, -0.2) is 8.42 Å². The Labute approximate surface area is 138 Å². The Kier molecular flexibility index (Phi) is 5.03. The summed E-state index contributed by atoms with van der Waals surface area (Å²) in [6.45, 7) is 0. The van der Waals surface area contributed by atoms with Crippen molar-refractivity contribution >= 4 is 54.2 Å². The van der Waals surface area contributed by atoms with Crippen LogP contribution in [0.15, 0.2) is 47.4 Å². The van der Waals surface area contributed by atoms with Gasteiger partial charge in [0.1, 0.15) is 5.82 Å². The van der Waals surface area contributed by atoms with Crippen molar-refractivity contribution in [2.24, 2.45) is 0 Å². The fourth-order valence-electron chi connectivity index (χ4n) is 1.53. The molecule has 20 heavy (non-hydrogen) atoms. The largest absolute Gasteiger partial charge is 0.279 e. The van der Waals surface area contributed by atoms with Gasteiger partial charge in [-0.3, -0.25) is 4.72 Å². The molecule has 0 unspecified atom stereocenters. The molecule has 0 aliphatic heterocycles. The van der Waals surface area contributed by atoms with E-state index in [4.69, 9.17) is 0 Å². The van der Waals surface area contributed by atoms with E-state index in [0.717, 1.165) is 5.56 Å². The minimum Gasteiger partial charge on any atom is -0.279 e. The smallest absolute Gasteiger partial charge is 0.261 e. The van der Waals surface area contributed by atoms with Crippen LogP contribution in [-0.2, 0) is 15.4 Å². The molecule has 2 rings (SSSR count). The van der Waals surface area contributed by atoms with Gasteiger partial charge in [-0.05, 0) is 58.5 Å². The van der Waals surface area contributed by atoms with Gasteiger partial charge in [0.15, 0.2) is 0 Å². The molecule has 0 bridgehead atoms. The Morgan fingerprint density at radius 2 is 1.80 bits per heavy atom. The third-order valence-electron chi connectivity index (χ3n) is 2.56. The molecule has 7 heteroatoms. The zero-order chi connectivity index (χ0) is 14.8. The van der Waals surface area contributed by atoms with Crippen LogP contribution in [0, 0.1) is 9.39 Å². The molecule has 106 valence electrons. The number of anilines is 1. The highest BCUT2D eigenvalue weighted by molar-refractivity contribution is 14.1. The van der Waals surface area contributed by atoms with Crippen LogP contribution in [0.25, 0.3) is 0 Å². The summed E-state index contributed by atoms with van der Waals surface area (Å²) in [5, 5.41) is 0.663. The molecule has 3 nitrogen and oxygen atoms in total. The lowest BCUT2D eigenvalue weighted by Crippen LogP contribution is -2.13. The highest BCUT2D eigenvalue weighted by Gasteiger charge is 2.15. The summed E-state index contributed by atoms with van der Waals surface area (Å²) in [4.78, 5) is 0.169. The number of halogens is 3. The zero-order valence-electron chi connectivity index (χ0n) is 10.1. The molecule has 0 saturated heterocycles. The molecule has 0 aromatic heterocycles. The molecule has 0 saturated carbocycles. The molecule has 2 aromatic rings. The first-order valence-corrected chi connectivity index (χ1v) is 9.23. The predicted molar refractivity (Wildman–Crippen MR) is 89.0 cm³/mol. The van der Waals surface area contributed by atoms with E-state index in [-0.39, 0.29) is 4.90 Å². The van der Waals surface area contributed by atoms with E-state index in [1.165, 1.54) is 30.3 Å². The number of benzene rings is 2. The van der Waals surface area contributed by atoms with Crippen molar-refractivity contribution in [3.8, 4) is 0 Å². The first kappa shape index (κ1) is 15.7. The van der Waals surface area contributed by atoms with Gasteiger partial charge in [0.25, 0.3) is 10.0 Å². The number of sulfonamides is 1. The average Bonchev–Trinajstić information content (AvgIpc) is 2.42. The molecular weight excluding hydrogens is 460 g/mol. The number of rotatable bonds is 4. The van der Waals surface area contributed by atoms with Gasteiger partial charge >= 0.3 is 0 Å². The van der Waals surface area contributed by atoms with E-state index in [2.05, 4.69) is 20.7 Å². The van der Waals surface area contributed by atoms with Gasteiger partial charge < -0.3 is 0 Å². The van der Waals surface area contributed by atoms with Crippen molar-refractivity contribution in [2.75, 3.05) is 4.72 Å². The number of nitrogens with one attached hydrogen (secondary N) is 1. The first-order valence-electron chi connectivity index (χ1n) is 5.55. The summed E-state index contributed by atoms with van der Waals surface area (Å²) in [7, 11) is -3.67. The predicted octanol–water partition coefficient (Wildman–Crippen LogP) is 4.13. The van der Waals surface area contributed by atoms with Crippen LogP contribution in [0.5, 0.6) is 0 Å². The number of hydrogen-bond donors (Lipinski definition) is 1. The van der Waals surface area contributed by atoms with Crippen LogP contribution >= 0.6 is 38.5 Å². The van der Waals surface area contributed by atoms with Crippen LogP contribution in [0.4, 0.5) is 10.1 Å². The second-order valence-corrected chi connectivity index (χ2v) is 7.41. The Morgan fingerprint density at radius 1 is 1.15 bits per heavy atom. The molecule has 0 heterocycles. The van der Waals surface area contributed by atoms with E-state index in [1.807, 2.05) is 22.6 Å². The quantitative estimate of drug-likeness (QED) is 0.540. The third-order valence-corrected chi connectivity index (χ3v) is 5.48. The van der Waals surface area contributed by atoms with Gasteiger partial charge in [0.05, 0.1) is 10.6 Å². The maximum Gasteiger partial charge on any atom is 0.261 e. The Bertz CT molecular complexity index is 720. The van der Waals surface area contributed by atoms with Crippen molar-refractivity contribution in [2.45, 2.75) is 10.2 Å². The number of alkyl halides is 1. The van der Waals surface area contributed by atoms with Crippen LogP contribution in [0.1, 0.15) is 5.56 Å². The van der Waals surface area contributed by atoms with Gasteiger partial charge in [-0.1, -0.05) is 28.1 Å². The highest BCUT2D eigenvalue weighted by atomic mass is 127. The normalized spacial score (nSPS) is 11.3. The Balaban J connectivity index is 2.30. The van der Waals surface area contributed by atoms with Crippen LogP contribution < -0.4 is 4.72 Å². The fourth-order valence-corrected chi connectivity index (χ4v) is 3.78. The lowest BCUT2D eigenvalue weighted by molar-refractivity contribution is 0.601. The molecular formula is C13H10BrFINO2S. The molecule has 0 aliphatic rings. The van der Waals surface area contributed by atoms with Gasteiger partial charge in [-0.2, -0.15) is 0 Å². The van der Waals surface area contributed by atoms with Crippen molar-refractivity contribution in [1.29, 1.82) is 0 Å². The number of hydrogen-bond acceptors (Lipinski definition) is 2. The summed E-state index contributed by atoms with van der Waals surface area (Å²) in [5.41, 5.74) is 1.34. The van der Waals surface area contributed by atoms with Crippen molar-refractivity contribution in [3.05, 3.63) is 57.4 Å². The van der Waals surface area contributed by atoms with Crippen LogP contribution in [0.3, 0.4) is 0 Å². The van der Waals surface area contributed by atoms with E-state index < -0.39 is 15.8 Å². The lowest BCUT2D eigenvalue weighted by Gasteiger charge is -2.10. The zero-order valence-corrected chi connectivity index (χ0v) is 14.7. The summed E-state index contributed by atoms with van der Waals surface area (Å²) < 4.78 is 40.4. The lowest BCUT2D eigenvalue weighted by atomic mass is 10.2. The molecule has 2 aromatic carbocycles. The van der Waals surface area contributed by atoms with Crippen molar-refractivity contribution in [3.63, 3.8) is 0 Å². The minimum atomic E-state index is -3.67. The molecule has 1 N–H and O–H groups in total. The maximum absolute atomic E-state index is 13.0. The molecule has 0 spiro atoms. The highest BCUT2D eigenvalue weighted by Crippen LogP contribution is 2.23. The molecule has 0 amide bonds. The van der Waals surface area contributed by atoms with Gasteiger partial charge in [0, 0.05) is 8.90 Å². The third kappa shape index (κ3) is 3.70. The van der Waals surface area contributed by atoms with E-state index in [1.54, 1.807) is 12.1 Å². The van der Waals surface area contributed by atoms with E-state index in [9.17, 15) is 12.8 Å². The standard InChI is InChI=1S/C13H10BrFINO2S/c14-8-9-1-4-11(5-2-9)20(18,19)17-13-6-3-10(15)7-12(13)16/h1-7,17H,8H2. The Hall–Kier alpha value is -0.670. The minimum absolute atomic E-state index is 0.169. The SMILES string of the molecule is O=S(=O)(Nc1ccc(F)cc1I)c1ccc(CBr)cc1. The summed E-state index contributed by atoms with van der Waals surface area (Å²) in [5.74, 6) is -0.404. The van der Waals surface area contributed by atoms with Gasteiger partial charge in [0.2, 0.25) is 0 Å². The second-order valence-electron chi connectivity index (χ2n) is 4.01. The first-order chi connectivity index (χ1) is 9.42. The molecule has 0 fully saturated rings. The van der Waals surface area contributed by atoms with Crippen molar-refractivity contribution < 1.29 is 12.8 Å². The monoisotopic (exact) mass is 469 g/mol. The summed E-state index contributed by atoms with van der Waals surface area (Å²) in [6, 6.07) is 10.4. The second kappa shape index (κ2) is 6.40. The molecule has 0 atom stereocenters. The summed E-state index contributed by atoms with van der Waals surface area (Å²) in [6.07, 6.45) is 0. The van der Waals surface area contributed by atoms with E-state index in [0.29, 0.717) is 14.6 Å². The molecule has 0 aliphatic carbocycles. The average molecular weight is 470 g/mol. The molecule has 0 radical (unpaired) electrons. The summed E-state index contributed by atoms with van der Waals surface area (Å²) >= 11 is 5.18. The van der Waals surface area contributed by atoms with Crippen LogP contribution in [0.2, 0.25) is 0 Å². The van der Waals surface area contributed by atoms with E-state index >= 15 is 0 Å². The van der Waals surface area contributed by atoms with Gasteiger partial charge in [-0.25, -0.2) is 12.8 Å².